The van der Waals surface area contributed by atoms with E-state index in [4.69, 9.17) is 4.98 Å². The van der Waals surface area contributed by atoms with Crippen LogP contribution in [-0.2, 0) is 0 Å². The molecular formula is C15H26N6. The van der Waals surface area contributed by atoms with Crippen molar-refractivity contribution in [3.63, 3.8) is 0 Å². The molecule has 0 spiro atoms. The third kappa shape index (κ3) is 3.83. The van der Waals surface area contributed by atoms with E-state index in [0.717, 1.165) is 36.5 Å². The van der Waals surface area contributed by atoms with E-state index in [1.807, 2.05) is 13.1 Å². The number of rotatable bonds is 9. The largest absolute Gasteiger partial charge is 0.356 e. The van der Waals surface area contributed by atoms with E-state index in [1.54, 1.807) is 0 Å². The third-order valence-corrected chi connectivity index (χ3v) is 3.49. The van der Waals surface area contributed by atoms with Gasteiger partial charge in [-0.1, -0.05) is 26.7 Å². The first-order valence-electron chi connectivity index (χ1n) is 8.00. The zero-order valence-electron chi connectivity index (χ0n) is 13.3. The Balaban J connectivity index is 2.35. The molecule has 2 N–H and O–H groups in total. The van der Waals surface area contributed by atoms with Gasteiger partial charge in [0.1, 0.15) is 5.82 Å². The molecule has 2 rings (SSSR count). The normalized spacial score (nSPS) is 11.0. The number of hydrogen-bond donors (Lipinski definition) is 2. The quantitative estimate of drug-likeness (QED) is 0.742. The fraction of sp³-hybridized carbons (Fsp3) is 0.667. The number of H-pyrrole nitrogens is 1. The van der Waals surface area contributed by atoms with Crippen LogP contribution in [0.15, 0.2) is 6.20 Å². The summed E-state index contributed by atoms with van der Waals surface area (Å²) in [5.41, 5.74) is 0.800. The molecule has 0 fully saturated rings. The van der Waals surface area contributed by atoms with Crippen molar-refractivity contribution in [2.45, 2.75) is 46.5 Å². The molecular weight excluding hydrogens is 264 g/mol. The Hall–Kier alpha value is -1.85. The topological polar surface area (TPSA) is 69.7 Å². The molecule has 2 heterocycles. The number of unbranched alkanes of at least 4 members (excludes halogenated alkanes) is 2. The molecule has 0 saturated carbocycles. The van der Waals surface area contributed by atoms with Gasteiger partial charge >= 0.3 is 0 Å². The van der Waals surface area contributed by atoms with Crippen LogP contribution in [0, 0.1) is 0 Å². The number of anilines is 2. The zero-order chi connectivity index (χ0) is 15.1. The molecule has 0 atom stereocenters. The lowest BCUT2D eigenvalue weighted by Crippen LogP contribution is -2.27. The van der Waals surface area contributed by atoms with Gasteiger partial charge in [0.2, 0.25) is 5.95 Å². The van der Waals surface area contributed by atoms with E-state index in [-0.39, 0.29) is 0 Å². The van der Waals surface area contributed by atoms with Crippen molar-refractivity contribution in [2.75, 3.05) is 29.9 Å². The monoisotopic (exact) mass is 290 g/mol. The second-order valence-corrected chi connectivity index (χ2v) is 5.23. The molecule has 0 aliphatic rings. The van der Waals surface area contributed by atoms with Crippen LogP contribution < -0.4 is 10.2 Å². The van der Waals surface area contributed by atoms with Crippen LogP contribution in [0.2, 0.25) is 0 Å². The van der Waals surface area contributed by atoms with E-state index in [9.17, 15) is 0 Å². The highest BCUT2D eigenvalue weighted by molar-refractivity contribution is 5.87. The first-order valence-corrected chi connectivity index (χ1v) is 8.00. The highest BCUT2D eigenvalue weighted by Crippen LogP contribution is 2.24. The van der Waals surface area contributed by atoms with Gasteiger partial charge in [0, 0.05) is 19.6 Å². The Morgan fingerprint density at radius 3 is 2.43 bits per heavy atom. The van der Waals surface area contributed by atoms with Crippen LogP contribution in [0.25, 0.3) is 11.0 Å². The summed E-state index contributed by atoms with van der Waals surface area (Å²) in [5, 5.41) is 11.3. The average molecular weight is 290 g/mol. The maximum absolute atomic E-state index is 4.71. The van der Waals surface area contributed by atoms with E-state index in [2.05, 4.69) is 39.2 Å². The highest BCUT2D eigenvalue weighted by Gasteiger charge is 2.15. The number of aromatic nitrogens is 4. The van der Waals surface area contributed by atoms with Gasteiger partial charge in [-0.25, -0.2) is 0 Å². The molecule has 0 aliphatic carbocycles. The van der Waals surface area contributed by atoms with E-state index in [1.165, 1.54) is 25.7 Å². The number of nitrogens with zero attached hydrogens (tertiary/aromatic N) is 4. The van der Waals surface area contributed by atoms with Crippen LogP contribution in [0.4, 0.5) is 11.8 Å². The highest BCUT2D eigenvalue weighted by atomic mass is 15.3. The maximum atomic E-state index is 4.71. The van der Waals surface area contributed by atoms with Gasteiger partial charge in [-0.05, 0) is 19.8 Å². The number of fused-ring (bicyclic) bond motifs is 1. The predicted octanol–water partition coefficient (Wildman–Crippen LogP) is 3.19. The van der Waals surface area contributed by atoms with Crippen molar-refractivity contribution in [1.29, 1.82) is 0 Å². The molecule has 0 saturated heterocycles. The summed E-state index contributed by atoms with van der Waals surface area (Å²) in [6, 6.07) is 0. The van der Waals surface area contributed by atoms with Crippen molar-refractivity contribution in [3.8, 4) is 0 Å². The zero-order valence-corrected chi connectivity index (χ0v) is 13.3. The van der Waals surface area contributed by atoms with Crippen molar-refractivity contribution in [2.24, 2.45) is 0 Å². The lowest BCUT2D eigenvalue weighted by Gasteiger charge is -2.24. The van der Waals surface area contributed by atoms with Gasteiger partial charge in [-0.2, -0.15) is 15.1 Å². The summed E-state index contributed by atoms with van der Waals surface area (Å²) < 4.78 is 0. The van der Waals surface area contributed by atoms with Gasteiger partial charge in [-0.15, -0.1) is 0 Å². The molecule has 0 unspecified atom stereocenters. The van der Waals surface area contributed by atoms with E-state index < -0.39 is 0 Å². The first-order chi connectivity index (χ1) is 10.3. The van der Waals surface area contributed by atoms with Crippen molar-refractivity contribution in [1.82, 2.24) is 20.2 Å². The third-order valence-electron chi connectivity index (χ3n) is 3.49. The summed E-state index contributed by atoms with van der Waals surface area (Å²) in [7, 11) is 0. The Kier molecular flexibility index (Phi) is 5.78. The lowest BCUT2D eigenvalue weighted by atomic mass is 10.2. The fourth-order valence-electron chi connectivity index (χ4n) is 2.32. The minimum atomic E-state index is 0.669. The molecule has 116 valence electrons. The maximum Gasteiger partial charge on any atom is 0.226 e. The van der Waals surface area contributed by atoms with E-state index in [0.29, 0.717) is 5.95 Å². The molecule has 21 heavy (non-hydrogen) atoms. The summed E-state index contributed by atoms with van der Waals surface area (Å²) in [5.74, 6) is 1.66. The Labute approximate surface area is 126 Å². The summed E-state index contributed by atoms with van der Waals surface area (Å²) in [6.07, 6.45) is 6.53. The van der Waals surface area contributed by atoms with Crippen LogP contribution in [0.3, 0.4) is 0 Å². The SMILES string of the molecule is CCCCN(CCCC)c1nc(NCC)nc2[nH]ncc12. The molecule has 2 aromatic rings. The minimum Gasteiger partial charge on any atom is -0.356 e. The molecule has 0 amide bonds. The second-order valence-electron chi connectivity index (χ2n) is 5.23. The van der Waals surface area contributed by atoms with Crippen molar-refractivity contribution < 1.29 is 0 Å². The van der Waals surface area contributed by atoms with E-state index >= 15 is 0 Å². The van der Waals surface area contributed by atoms with Crippen LogP contribution in [-0.4, -0.2) is 39.8 Å². The number of aromatic amines is 1. The molecule has 0 aromatic carbocycles. The second kappa shape index (κ2) is 7.81. The summed E-state index contributed by atoms with van der Waals surface area (Å²) >= 11 is 0. The predicted molar refractivity (Wildman–Crippen MR) is 87.9 cm³/mol. The molecule has 0 radical (unpaired) electrons. The average Bonchev–Trinajstić information content (AvgIpc) is 2.95. The van der Waals surface area contributed by atoms with Crippen molar-refractivity contribution in [3.05, 3.63) is 6.20 Å². The van der Waals surface area contributed by atoms with Crippen molar-refractivity contribution >= 4 is 22.8 Å². The first kappa shape index (κ1) is 15.5. The minimum absolute atomic E-state index is 0.669. The standard InChI is InChI=1S/C15H26N6/c1-4-7-9-21(10-8-5-2)14-12-11-17-20-13(12)18-15(19-14)16-6-3/h11H,4-10H2,1-3H3,(H2,16,17,18,19,20). The lowest BCUT2D eigenvalue weighted by molar-refractivity contribution is 0.673. The Bertz CT molecular complexity index is 542. The molecule has 2 aromatic heterocycles. The van der Waals surface area contributed by atoms with Gasteiger partial charge in [0.25, 0.3) is 0 Å². The van der Waals surface area contributed by atoms with Crippen LogP contribution in [0.5, 0.6) is 0 Å². The Morgan fingerprint density at radius 2 is 1.81 bits per heavy atom. The molecule has 6 nitrogen and oxygen atoms in total. The fourth-order valence-corrected chi connectivity index (χ4v) is 2.32. The summed E-state index contributed by atoms with van der Waals surface area (Å²) in [4.78, 5) is 11.5. The number of hydrogen-bond acceptors (Lipinski definition) is 5. The summed E-state index contributed by atoms with van der Waals surface area (Å²) in [6.45, 7) is 9.35. The molecule has 0 aliphatic heterocycles. The van der Waals surface area contributed by atoms with Gasteiger partial charge in [0.15, 0.2) is 5.65 Å². The van der Waals surface area contributed by atoms with Gasteiger partial charge in [0.05, 0.1) is 11.6 Å². The van der Waals surface area contributed by atoms with Gasteiger partial charge in [-0.3, -0.25) is 5.10 Å². The smallest absolute Gasteiger partial charge is 0.226 e. The molecule has 6 heteroatoms. The number of nitrogens with one attached hydrogen (secondary N) is 2. The molecule has 0 bridgehead atoms. The van der Waals surface area contributed by atoms with Gasteiger partial charge < -0.3 is 10.2 Å². The van der Waals surface area contributed by atoms with Crippen LogP contribution in [0.1, 0.15) is 46.5 Å². The Morgan fingerprint density at radius 1 is 1.10 bits per heavy atom. The van der Waals surface area contributed by atoms with Crippen LogP contribution >= 0.6 is 0 Å².